The van der Waals surface area contributed by atoms with Crippen LogP contribution < -0.4 is 10.6 Å². The summed E-state index contributed by atoms with van der Waals surface area (Å²) in [6, 6.07) is 7.68. The average Bonchev–Trinajstić information content (AvgIpc) is 2.97. The van der Waals surface area contributed by atoms with Crippen LogP contribution in [0.4, 0.5) is 11.6 Å². The van der Waals surface area contributed by atoms with E-state index >= 15 is 0 Å². The maximum Gasteiger partial charge on any atom is 0.249 e. The highest BCUT2D eigenvalue weighted by Crippen LogP contribution is 2.26. The van der Waals surface area contributed by atoms with Crippen molar-refractivity contribution >= 4 is 17.5 Å². The van der Waals surface area contributed by atoms with E-state index in [4.69, 9.17) is 4.52 Å². The molecule has 98 valence electrons. The van der Waals surface area contributed by atoms with Crippen molar-refractivity contribution in [2.24, 2.45) is 0 Å². The summed E-state index contributed by atoms with van der Waals surface area (Å²) >= 11 is 0. The number of hydrogen-bond donors (Lipinski definition) is 2. The van der Waals surface area contributed by atoms with Gasteiger partial charge in [0.05, 0.1) is 5.69 Å². The maximum absolute atomic E-state index is 12.2. The lowest BCUT2D eigenvalue weighted by molar-refractivity contribution is -0.116. The summed E-state index contributed by atoms with van der Waals surface area (Å²) in [6.07, 6.45) is 0.689. The van der Waals surface area contributed by atoms with Crippen LogP contribution in [0.5, 0.6) is 0 Å². The minimum Gasteiger partial charge on any atom is -0.373 e. The predicted molar refractivity (Wildman–Crippen MR) is 72.2 cm³/mol. The Morgan fingerprint density at radius 2 is 2.21 bits per heavy atom. The first-order valence-electron chi connectivity index (χ1n) is 6.23. The molecular weight excluding hydrogens is 242 g/mol. The molecule has 2 heterocycles. The number of rotatable bonds is 2. The molecule has 0 bridgehead atoms. The number of anilines is 2. The van der Waals surface area contributed by atoms with Gasteiger partial charge in [-0.15, -0.1) is 0 Å². The molecule has 1 atom stereocenters. The molecule has 1 amide bonds. The summed E-state index contributed by atoms with van der Waals surface area (Å²) in [6.45, 7) is 3.72. The first-order chi connectivity index (χ1) is 9.15. The van der Waals surface area contributed by atoms with Gasteiger partial charge in [0.25, 0.3) is 0 Å². The molecule has 3 rings (SSSR count). The number of nitrogens with zero attached hydrogens (tertiary/aromatic N) is 1. The summed E-state index contributed by atoms with van der Waals surface area (Å²) in [5.41, 5.74) is 3.84. The van der Waals surface area contributed by atoms with Crippen LogP contribution in [0.25, 0.3) is 0 Å². The second kappa shape index (κ2) is 4.42. The standard InChI is InChI=1S/C14H15N3O2/c1-8-9(2)17-19-14(8)16-13(18)12-7-10-5-3-4-6-11(10)15-12/h3-6,12,15H,7H2,1-2H3,(H,16,18)/t12-/m0/s1. The van der Waals surface area contributed by atoms with Crippen molar-refractivity contribution in [1.82, 2.24) is 5.16 Å². The Morgan fingerprint density at radius 3 is 2.89 bits per heavy atom. The lowest BCUT2D eigenvalue weighted by Crippen LogP contribution is -2.32. The summed E-state index contributed by atoms with van der Waals surface area (Å²) < 4.78 is 5.09. The number of aromatic nitrogens is 1. The minimum atomic E-state index is -0.262. The summed E-state index contributed by atoms with van der Waals surface area (Å²) in [5, 5.41) is 9.81. The fourth-order valence-corrected chi connectivity index (χ4v) is 2.19. The van der Waals surface area contributed by atoms with Crippen molar-refractivity contribution in [1.29, 1.82) is 0 Å². The van der Waals surface area contributed by atoms with Gasteiger partial charge < -0.3 is 9.84 Å². The van der Waals surface area contributed by atoms with Gasteiger partial charge in [0.15, 0.2) is 0 Å². The van der Waals surface area contributed by atoms with Crippen LogP contribution in [0.1, 0.15) is 16.8 Å². The van der Waals surface area contributed by atoms with Crippen molar-refractivity contribution in [2.45, 2.75) is 26.3 Å². The molecule has 1 aromatic heterocycles. The molecule has 19 heavy (non-hydrogen) atoms. The zero-order valence-electron chi connectivity index (χ0n) is 10.9. The second-order valence-corrected chi connectivity index (χ2v) is 4.77. The third-order valence-corrected chi connectivity index (χ3v) is 3.48. The highest BCUT2D eigenvalue weighted by Gasteiger charge is 2.27. The third-order valence-electron chi connectivity index (χ3n) is 3.48. The van der Waals surface area contributed by atoms with E-state index in [9.17, 15) is 4.79 Å². The Morgan fingerprint density at radius 1 is 1.42 bits per heavy atom. The molecule has 0 aliphatic carbocycles. The van der Waals surface area contributed by atoms with E-state index in [1.54, 1.807) is 0 Å². The van der Waals surface area contributed by atoms with E-state index in [0.717, 1.165) is 22.5 Å². The van der Waals surface area contributed by atoms with Crippen molar-refractivity contribution < 1.29 is 9.32 Å². The van der Waals surface area contributed by atoms with E-state index in [1.165, 1.54) is 0 Å². The zero-order chi connectivity index (χ0) is 13.4. The molecular formula is C14H15N3O2. The molecule has 0 spiro atoms. The van der Waals surface area contributed by atoms with Gasteiger partial charge in [0.2, 0.25) is 11.8 Å². The van der Waals surface area contributed by atoms with Crippen LogP contribution in [0, 0.1) is 13.8 Å². The van der Waals surface area contributed by atoms with Gasteiger partial charge in [-0.1, -0.05) is 23.4 Å². The molecule has 2 N–H and O–H groups in total. The molecule has 0 radical (unpaired) electrons. The van der Waals surface area contributed by atoms with E-state index < -0.39 is 0 Å². The maximum atomic E-state index is 12.2. The minimum absolute atomic E-state index is 0.101. The second-order valence-electron chi connectivity index (χ2n) is 4.77. The number of nitrogens with one attached hydrogen (secondary N) is 2. The summed E-state index contributed by atoms with van der Waals surface area (Å²) in [4.78, 5) is 12.2. The topological polar surface area (TPSA) is 67.2 Å². The number of benzene rings is 1. The average molecular weight is 257 g/mol. The number of para-hydroxylation sites is 1. The normalized spacial score (nSPS) is 16.8. The number of carbonyl (C=O) groups excluding carboxylic acids is 1. The first kappa shape index (κ1) is 11.8. The number of fused-ring (bicyclic) bond motifs is 1. The lowest BCUT2D eigenvalue weighted by Gasteiger charge is -2.10. The molecule has 5 heteroatoms. The quantitative estimate of drug-likeness (QED) is 0.866. The van der Waals surface area contributed by atoms with Crippen molar-refractivity contribution in [3.63, 3.8) is 0 Å². The van der Waals surface area contributed by atoms with E-state index in [1.807, 2.05) is 38.1 Å². The number of carbonyl (C=O) groups is 1. The lowest BCUT2D eigenvalue weighted by atomic mass is 10.1. The van der Waals surface area contributed by atoms with Gasteiger partial charge in [-0.3, -0.25) is 10.1 Å². The number of aryl methyl sites for hydroxylation is 1. The number of hydrogen-bond acceptors (Lipinski definition) is 4. The predicted octanol–water partition coefficient (Wildman–Crippen LogP) is 2.27. The summed E-state index contributed by atoms with van der Waals surface area (Å²) in [7, 11) is 0. The van der Waals surface area contributed by atoms with Gasteiger partial charge in [-0.25, -0.2) is 0 Å². The van der Waals surface area contributed by atoms with Crippen LogP contribution >= 0.6 is 0 Å². The Bertz CT molecular complexity index is 608. The molecule has 0 unspecified atom stereocenters. The smallest absolute Gasteiger partial charge is 0.249 e. The van der Waals surface area contributed by atoms with Crippen LogP contribution in [-0.2, 0) is 11.2 Å². The molecule has 1 aromatic carbocycles. The molecule has 1 aliphatic rings. The van der Waals surface area contributed by atoms with Crippen LogP contribution in [0.2, 0.25) is 0 Å². The molecule has 0 saturated heterocycles. The van der Waals surface area contributed by atoms with Gasteiger partial charge in [0.1, 0.15) is 6.04 Å². The highest BCUT2D eigenvalue weighted by molar-refractivity contribution is 5.97. The van der Waals surface area contributed by atoms with E-state index in [-0.39, 0.29) is 11.9 Å². The summed E-state index contributed by atoms with van der Waals surface area (Å²) in [5.74, 6) is 0.329. The Hall–Kier alpha value is -2.30. The fraction of sp³-hybridized carbons (Fsp3) is 0.286. The molecule has 0 saturated carbocycles. The third kappa shape index (κ3) is 2.07. The van der Waals surface area contributed by atoms with Crippen LogP contribution in [0.15, 0.2) is 28.8 Å². The van der Waals surface area contributed by atoms with Crippen molar-refractivity contribution in [2.75, 3.05) is 10.6 Å². The van der Waals surface area contributed by atoms with Gasteiger partial charge >= 0.3 is 0 Å². The Kier molecular flexibility index (Phi) is 2.74. The van der Waals surface area contributed by atoms with Gasteiger partial charge in [-0.05, 0) is 25.5 Å². The van der Waals surface area contributed by atoms with Crippen molar-refractivity contribution in [3.05, 3.63) is 41.1 Å². The first-order valence-corrected chi connectivity index (χ1v) is 6.23. The molecule has 0 fully saturated rings. The SMILES string of the molecule is Cc1noc(NC(=O)[C@@H]2Cc3ccccc3N2)c1C. The molecule has 1 aliphatic heterocycles. The van der Waals surface area contributed by atoms with E-state index in [2.05, 4.69) is 15.8 Å². The van der Waals surface area contributed by atoms with Gasteiger partial charge in [-0.2, -0.15) is 0 Å². The fourth-order valence-electron chi connectivity index (χ4n) is 2.19. The Labute approximate surface area is 111 Å². The van der Waals surface area contributed by atoms with Crippen LogP contribution in [0.3, 0.4) is 0 Å². The molecule has 5 nitrogen and oxygen atoms in total. The van der Waals surface area contributed by atoms with Gasteiger partial charge in [0, 0.05) is 17.7 Å². The van der Waals surface area contributed by atoms with E-state index in [0.29, 0.717) is 12.3 Å². The van der Waals surface area contributed by atoms with Crippen LogP contribution in [-0.4, -0.2) is 17.1 Å². The monoisotopic (exact) mass is 257 g/mol. The van der Waals surface area contributed by atoms with Crippen molar-refractivity contribution in [3.8, 4) is 0 Å². The Balaban J connectivity index is 1.72. The molecule has 2 aromatic rings. The zero-order valence-corrected chi connectivity index (χ0v) is 10.9. The highest BCUT2D eigenvalue weighted by atomic mass is 16.5. The largest absolute Gasteiger partial charge is 0.373 e. The number of amides is 1.